The second-order valence-corrected chi connectivity index (χ2v) is 7.90. The molecule has 0 bridgehead atoms. The van der Waals surface area contributed by atoms with Crippen molar-refractivity contribution in [2.45, 2.75) is 17.8 Å². The first-order valence-corrected chi connectivity index (χ1v) is 11.0. The van der Waals surface area contributed by atoms with Crippen LogP contribution in [0, 0.1) is 0 Å². The second kappa shape index (κ2) is 8.35. The summed E-state index contributed by atoms with van der Waals surface area (Å²) in [5.74, 6) is 2.90. The van der Waals surface area contributed by atoms with Crippen LogP contribution in [0.4, 0.5) is 0 Å². The Balaban J connectivity index is 1.54. The van der Waals surface area contributed by atoms with Gasteiger partial charge in [-0.25, -0.2) is 4.98 Å². The van der Waals surface area contributed by atoms with Gasteiger partial charge in [0.25, 0.3) is 5.56 Å². The summed E-state index contributed by atoms with van der Waals surface area (Å²) >= 11 is 1.51. The van der Waals surface area contributed by atoms with Crippen molar-refractivity contribution in [3.63, 3.8) is 0 Å². The fourth-order valence-corrected chi connectivity index (χ4v) is 4.43. The topological polar surface area (TPSA) is 62.6 Å². The number of aromatic nitrogens is 2. The molecule has 1 aromatic heterocycles. The molecule has 0 N–H and O–H groups in total. The number of thioether (sulfide) groups is 1. The summed E-state index contributed by atoms with van der Waals surface area (Å²) in [4.78, 5) is 18.2. The molecule has 0 saturated heterocycles. The maximum atomic E-state index is 13.4. The van der Waals surface area contributed by atoms with Gasteiger partial charge in [0.1, 0.15) is 5.75 Å². The van der Waals surface area contributed by atoms with Gasteiger partial charge in [0.15, 0.2) is 16.7 Å². The second-order valence-electron chi connectivity index (χ2n) is 6.96. The third-order valence-electron chi connectivity index (χ3n) is 4.96. The lowest BCUT2D eigenvalue weighted by atomic mass is 10.2. The van der Waals surface area contributed by atoms with Crippen molar-refractivity contribution < 1.29 is 14.2 Å². The fourth-order valence-electron chi connectivity index (χ4n) is 3.47. The van der Waals surface area contributed by atoms with E-state index in [1.165, 1.54) is 11.8 Å². The van der Waals surface area contributed by atoms with Crippen LogP contribution in [-0.2, 0) is 5.75 Å². The number of ether oxygens (including phenoxy) is 3. The van der Waals surface area contributed by atoms with Gasteiger partial charge >= 0.3 is 0 Å². The molecule has 0 saturated carbocycles. The molecular weight excluding hydrogens is 412 g/mol. The molecule has 0 amide bonds. The maximum Gasteiger partial charge on any atom is 0.266 e. The quantitative estimate of drug-likeness (QED) is 0.322. The predicted molar refractivity (Wildman–Crippen MR) is 121 cm³/mol. The zero-order chi connectivity index (χ0) is 21.2. The Bertz CT molecular complexity index is 1300. The van der Waals surface area contributed by atoms with Crippen LogP contribution in [0.2, 0.25) is 0 Å². The number of benzene rings is 3. The van der Waals surface area contributed by atoms with Crippen LogP contribution in [0.25, 0.3) is 16.6 Å². The molecule has 5 rings (SSSR count). The van der Waals surface area contributed by atoms with E-state index in [9.17, 15) is 4.79 Å². The zero-order valence-electron chi connectivity index (χ0n) is 16.9. The van der Waals surface area contributed by atoms with E-state index in [0.29, 0.717) is 28.4 Å². The largest absolute Gasteiger partial charge is 0.494 e. The van der Waals surface area contributed by atoms with Crippen LogP contribution < -0.4 is 19.8 Å². The highest BCUT2D eigenvalue weighted by Crippen LogP contribution is 2.34. The number of hydrogen-bond acceptors (Lipinski definition) is 6. The van der Waals surface area contributed by atoms with E-state index in [2.05, 4.69) is 0 Å². The Kier molecular flexibility index (Phi) is 5.26. The molecule has 6 nitrogen and oxygen atoms in total. The molecule has 0 unspecified atom stereocenters. The van der Waals surface area contributed by atoms with Gasteiger partial charge in [-0.1, -0.05) is 30.0 Å². The van der Waals surface area contributed by atoms with Gasteiger partial charge in [0, 0.05) is 5.75 Å². The Hall–Kier alpha value is -3.45. The van der Waals surface area contributed by atoms with Crippen LogP contribution in [-0.4, -0.2) is 23.0 Å². The molecule has 31 heavy (non-hydrogen) atoms. The molecule has 1 aliphatic rings. The van der Waals surface area contributed by atoms with E-state index in [0.717, 1.165) is 28.5 Å². The van der Waals surface area contributed by atoms with Crippen LogP contribution in [0.1, 0.15) is 12.5 Å². The monoisotopic (exact) mass is 432 g/mol. The zero-order valence-corrected chi connectivity index (χ0v) is 17.7. The van der Waals surface area contributed by atoms with Gasteiger partial charge in [-0.2, -0.15) is 0 Å². The Morgan fingerprint density at radius 1 is 1.03 bits per heavy atom. The smallest absolute Gasteiger partial charge is 0.266 e. The summed E-state index contributed by atoms with van der Waals surface area (Å²) in [7, 11) is 0. The molecule has 7 heteroatoms. The highest BCUT2D eigenvalue weighted by Gasteiger charge is 2.16. The van der Waals surface area contributed by atoms with Crippen molar-refractivity contribution in [2.75, 3.05) is 13.4 Å². The maximum absolute atomic E-state index is 13.4. The van der Waals surface area contributed by atoms with Crippen LogP contribution in [0.5, 0.6) is 17.2 Å². The number of hydrogen-bond donors (Lipinski definition) is 0. The highest BCUT2D eigenvalue weighted by atomic mass is 32.2. The summed E-state index contributed by atoms with van der Waals surface area (Å²) in [6.07, 6.45) is 0. The van der Waals surface area contributed by atoms with E-state index in [1.807, 2.05) is 73.7 Å². The van der Waals surface area contributed by atoms with Crippen LogP contribution in [0.15, 0.2) is 76.7 Å². The molecule has 3 aromatic carbocycles. The number of rotatable bonds is 6. The third-order valence-corrected chi connectivity index (χ3v) is 5.97. The molecule has 2 heterocycles. The molecule has 156 valence electrons. The number of fused-ring (bicyclic) bond motifs is 2. The van der Waals surface area contributed by atoms with E-state index < -0.39 is 0 Å². The third kappa shape index (κ3) is 3.84. The highest BCUT2D eigenvalue weighted by molar-refractivity contribution is 7.98. The molecule has 4 aromatic rings. The molecule has 0 spiro atoms. The average molecular weight is 433 g/mol. The lowest BCUT2D eigenvalue weighted by Crippen LogP contribution is -2.21. The summed E-state index contributed by atoms with van der Waals surface area (Å²) in [6.45, 7) is 2.78. The van der Waals surface area contributed by atoms with Crippen molar-refractivity contribution in [1.82, 2.24) is 9.55 Å². The SMILES string of the molecule is CCOc1ccc(-n2c(SCc3ccc4c(c3)OCO4)nc3ccccc3c2=O)cc1. The minimum Gasteiger partial charge on any atom is -0.494 e. The summed E-state index contributed by atoms with van der Waals surface area (Å²) in [6, 6.07) is 20.8. The number of nitrogens with zero attached hydrogens (tertiary/aromatic N) is 2. The molecule has 0 fully saturated rings. The van der Waals surface area contributed by atoms with Crippen LogP contribution >= 0.6 is 11.8 Å². The minimum atomic E-state index is -0.0945. The Labute approximate surface area is 183 Å². The van der Waals surface area contributed by atoms with Crippen molar-refractivity contribution in [2.24, 2.45) is 0 Å². The average Bonchev–Trinajstić information content (AvgIpc) is 3.27. The van der Waals surface area contributed by atoms with Crippen molar-refractivity contribution in [3.8, 4) is 22.9 Å². The van der Waals surface area contributed by atoms with Gasteiger partial charge in [-0.05, 0) is 61.0 Å². The first-order chi connectivity index (χ1) is 15.2. The Morgan fingerprint density at radius 2 is 1.84 bits per heavy atom. The standard InChI is InChI=1S/C24H20N2O4S/c1-2-28-18-10-8-17(9-11-18)26-23(27)19-5-3-4-6-20(19)25-24(26)31-14-16-7-12-21-22(13-16)30-15-29-21/h3-13H,2,14-15H2,1H3. The van der Waals surface area contributed by atoms with Gasteiger partial charge < -0.3 is 14.2 Å². The molecule has 0 atom stereocenters. The van der Waals surface area contributed by atoms with E-state index in [-0.39, 0.29) is 12.4 Å². The van der Waals surface area contributed by atoms with Crippen molar-refractivity contribution >= 4 is 22.7 Å². The lowest BCUT2D eigenvalue weighted by Gasteiger charge is -2.14. The molecule has 0 aliphatic carbocycles. The molecule has 1 aliphatic heterocycles. The summed E-state index contributed by atoms with van der Waals surface area (Å²) < 4.78 is 18.1. The first-order valence-electron chi connectivity index (χ1n) is 9.99. The van der Waals surface area contributed by atoms with E-state index >= 15 is 0 Å². The van der Waals surface area contributed by atoms with Gasteiger partial charge in [0.2, 0.25) is 6.79 Å². The minimum absolute atomic E-state index is 0.0945. The lowest BCUT2D eigenvalue weighted by molar-refractivity contribution is 0.174. The molecule has 0 radical (unpaired) electrons. The van der Waals surface area contributed by atoms with Gasteiger partial charge in [0.05, 0.1) is 23.2 Å². The normalized spacial score (nSPS) is 12.3. The number of para-hydroxylation sites is 1. The van der Waals surface area contributed by atoms with Crippen molar-refractivity contribution in [3.05, 3.63) is 82.6 Å². The molecular formula is C24H20N2O4S. The van der Waals surface area contributed by atoms with Crippen LogP contribution in [0.3, 0.4) is 0 Å². The van der Waals surface area contributed by atoms with Crippen molar-refractivity contribution in [1.29, 1.82) is 0 Å². The van der Waals surface area contributed by atoms with Gasteiger partial charge in [-0.15, -0.1) is 0 Å². The fraction of sp³-hybridized carbons (Fsp3) is 0.167. The predicted octanol–water partition coefficient (Wildman–Crippen LogP) is 4.81. The summed E-state index contributed by atoms with van der Waals surface area (Å²) in [5, 5.41) is 1.22. The summed E-state index contributed by atoms with van der Waals surface area (Å²) in [5.41, 5.74) is 2.40. The van der Waals surface area contributed by atoms with E-state index in [4.69, 9.17) is 19.2 Å². The van der Waals surface area contributed by atoms with Gasteiger partial charge in [-0.3, -0.25) is 9.36 Å². The van der Waals surface area contributed by atoms with E-state index in [1.54, 1.807) is 4.57 Å². The first kappa shape index (κ1) is 19.5. The Morgan fingerprint density at radius 3 is 2.68 bits per heavy atom.